The van der Waals surface area contributed by atoms with E-state index in [1.807, 2.05) is 0 Å². The topological polar surface area (TPSA) is 26.3 Å². The van der Waals surface area contributed by atoms with Gasteiger partial charge in [-0.25, -0.2) is 8.78 Å². The zero-order valence-electron chi connectivity index (χ0n) is 8.64. The van der Waals surface area contributed by atoms with Crippen molar-refractivity contribution in [3.8, 4) is 0 Å². The van der Waals surface area contributed by atoms with E-state index in [1.54, 1.807) is 6.92 Å². The van der Waals surface area contributed by atoms with Crippen molar-refractivity contribution >= 4 is 5.97 Å². The number of esters is 1. The molecule has 0 amide bonds. The van der Waals surface area contributed by atoms with E-state index in [0.717, 1.165) is 12.1 Å². The maximum Gasteiger partial charge on any atom is 0.310 e. The number of hydrogen-bond acceptors (Lipinski definition) is 2. The summed E-state index contributed by atoms with van der Waals surface area (Å²) in [5, 5.41) is 0. The Labute approximate surface area is 86.9 Å². The van der Waals surface area contributed by atoms with E-state index in [0.29, 0.717) is 0 Å². The molecule has 0 heterocycles. The number of carbonyl (C=O) groups excluding carboxylic acids is 1. The molecule has 0 N–H and O–H groups in total. The molecule has 1 aromatic carbocycles. The van der Waals surface area contributed by atoms with Gasteiger partial charge in [0.2, 0.25) is 0 Å². The predicted molar refractivity (Wildman–Crippen MR) is 51.4 cm³/mol. The number of carbonyl (C=O) groups is 1. The van der Waals surface area contributed by atoms with E-state index in [1.165, 1.54) is 6.92 Å². The van der Waals surface area contributed by atoms with Crippen molar-refractivity contribution in [2.24, 2.45) is 0 Å². The minimum absolute atomic E-state index is 0.0393. The highest BCUT2D eigenvalue weighted by atomic mass is 19.1. The van der Waals surface area contributed by atoms with Gasteiger partial charge in [-0.15, -0.1) is 0 Å². The molecule has 0 bridgehead atoms. The van der Waals surface area contributed by atoms with E-state index in [-0.39, 0.29) is 24.2 Å². The highest BCUT2D eigenvalue weighted by Crippen LogP contribution is 2.14. The van der Waals surface area contributed by atoms with Crippen LogP contribution in [0.2, 0.25) is 0 Å². The molecule has 0 saturated heterocycles. The van der Waals surface area contributed by atoms with Crippen molar-refractivity contribution in [3.63, 3.8) is 0 Å². The van der Waals surface area contributed by atoms with Crippen LogP contribution < -0.4 is 0 Å². The van der Waals surface area contributed by atoms with Gasteiger partial charge >= 0.3 is 5.97 Å². The van der Waals surface area contributed by atoms with E-state index < -0.39 is 17.6 Å². The minimum atomic E-state index is -0.644. The number of hydrogen-bond donors (Lipinski definition) is 0. The quantitative estimate of drug-likeness (QED) is 0.722. The Bertz CT molecular complexity index is 352. The molecule has 15 heavy (non-hydrogen) atoms. The van der Waals surface area contributed by atoms with Gasteiger partial charge in [0.05, 0.1) is 13.0 Å². The van der Waals surface area contributed by atoms with Gasteiger partial charge in [-0.3, -0.25) is 4.79 Å². The molecule has 0 aliphatic carbocycles. The summed E-state index contributed by atoms with van der Waals surface area (Å²) in [5.41, 5.74) is 0.247. The van der Waals surface area contributed by atoms with Crippen LogP contribution >= 0.6 is 0 Å². The van der Waals surface area contributed by atoms with E-state index >= 15 is 0 Å². The van der Waals surface area contributed by atoms with Crippen LogP contribution in [0.15, 0.2) is 12.1 Å². The van der Waals surface area contributed by atoms with Crippen molar-refractivity contribution < 1.29 is 18.3 Å². The van der Waals surface area contributed by atoms with E-state index in [4.69, 9.17) is 0 Å². The van der Waals surface area contributed by atoms with Crippen LogP contribution in [0, 0.1) is 18.6 Å². The lowest BCUT2D eigenvalue weighted by Crippen LogP contribution is -2.08. The minimum Gasteiger partial charge on any atom is -0.466 e. The van der Waals surface area contributed by atoms with Gasteiger partial charge in [0.1, 0.15) is 11.6 Å². The second-order valence-electron chi connectivity index (χ2n) is 3.17. The maximum atomic E-state index is 13.1. The van der Waals surface area contributed by atoms with Gasteiger partial charge in [0.15, 0.2) is 0 Å². The molecule has 0 unspecified atom stereocenters. The van der Waals surface area contributed by atoms with Crippen LogP contribution in [0.5, 0.6) is 0 Å². The summed E-state index contributed by atoms with van der Waals surface area (Å²) in [7, 11) is 0. The summed E-state index contributed by atoms with van der Waals surface area (Å²) < 4.78 is 30.8. The smallest absolute Gasteiger partial charge is 0.310 e. The van der Waals surface area contributed by atoms with Gasteiger partial charge in [0.25, 0.3) is 0 Å². The standard InChI is InChI=1S/C11H12F2O2/c1-3-15-11(14)6-8-4-9(12)7(2)10(13)5-8/h4-5H,3,6H2,1-2H3. The average molecular weight is 214 g/mol. The molecule has 0 radical (unpaired) electrons. The Morgan fingerprint density at radius 1 is 1.33 bits per heavy atom. The van der Waals surface area contributed by atoms with Crippen molar-refractivity contribution in [1.82, 2.24) is 0 Å². The summed E-state index contributed by atoms with van der Waals surface area (Å²) in [6.07, 6.45) is -0.109. The van der Waals surface area contributed by atoms with Crippen LogP contribution in [0.1, 0.15) is 18.1 Å². The summed E-state index contributed by atoms with van der Waals surface area (Å²) in [4.78, 5) is 11.1. The molecule has 0 saturated carbocycles. The molecule has 0 fully saturated rings. The van der Waals surface area contributed by atoms with Gasteiger partial charge in [-0.05, 0) is 31.5 Å². The van der Waals surface area contributed by atoms with E-state index in [9.17, 15) is 13.6 Å². The Hall–Kier alpha value is -1.45. The molecule has 0 aromatic heterocycles. The van der Waals surface area contributed by atoms with Crippen molar-refractivity contribution in [1.29, 1.82) is 0 Å². The molecular weight excluding hydrogens is 202 g/mol. The summed E-state index contributed by atoms with van der Waals surface area (Å²) in [6, 6.07) is 2.30. The van der Waals surface area contributed by atoms with E-state index in [2.05, 4.69) is 4.74 Å². The Morgan fingerprint density at radius 3 is 2.33 bits per heavy atom. The Morgan fingerprint density at radius 2 is 1.87 bits per heavy atom. The van der Waals surface area contributed by atoms with Gasteiger partial charge in [-0.2, -0.15) is 0 Å². The lowest BCUT2D eigenvalue weighted by atomic mass is 10.1. The normalized spacial score (nSPS) is 10.1. The third kappa shape index (κ3) is 3.01. The SMILES string of the molecule is CCOC(=O)Cc1cc(F)c(C)c(F)c1. The van der Waals surface area contributed by atoms with Crippen molar-refractivity contribution in [3.05, 3.63) is 34.9 Å². The second kappa shape index (κ2) is 4.87. The van der Waals surface area contributed by atoms with Crippen molar-refractivity contribution in [2.45, 2.75) is 20.3 Å². The number of rotatable bonds is 3. The summed E-state index contributed by atoms with van der Waals surface area (Å²) >= 11 is 0. The molecule has 0 aliphatic rings. The van der Waals surface area contributed by atoms with Crippen LogP contribution in [-0.4, -0.2) is 12.6 Å². The fourth-order valence-electron chi connectivity index (χ4n) is 1.18. The fraction of sp³-hybridized carbons (Fsp3) is 0.364. The van der Waals surface area contributed by atoms with Crippen LogP contribution in [0.4, 0.5) is 8.78 Å². The zero-order valence-corrected chi connectivity index (χ0v) is 8.64. The van der Waals surface area contributed by atoms with Gasteiger partial charge in [0, 0.05) is 5.56 Å². The lowest BCUT2D eigenvalue weighted by molar-refractivity contribution is -0.142. The fourth-order valence-corrected chi connectivity index (χ4v) is 1.18. The molecule has 82 valence electrons. The first-order chi connectivity index (χ1) is 7.04. The maximum absolute atomic E-state index is 13.1. The molecule has 1 aromatic rings. The van der Waals surface area contributed by atoms with Crippen LogP contribution in [0.25, 0.3) is 0 Å². The first-order valence-electron chi connectivity index (χ1n) is 4.64. The predicted octanol–water partition coefficient (Wildman–Crippen LogP) is 2.38. The van der Waals surface area contributed by atoms with Gasteiger partial charge in [-0.1, -0.05) is 0 Å². The van der Waals surface area contributed by atoms with Gasteiger partial charge < -0.3 is 4.74 Å². The molecular formula is C11H12F2O2. The Balaban J connectivity index is 2.83. The molecule has 1 rings (SSSR count). The monoisotopic (exact) mass is 214 g/mol. The lowest BCUT2D eigenvalue weighted by Gasteiger charge is -2.04. The van der Waals surface area contributed by atoms with Crippen LogP contribution in [-0.2, 0) is 16.0 Å². The number of benzene rings is 1. The third-order valence-corrected chi connectivity index (χ3v) is 1.99. The highest BCUT2D eigenvalue weighted by Gasteiger charge is 2.10. The van der Waals surface area contributed by atoms with Crippen molar-refractivity contribution in [2.75, 3.05) is 6.61 Å². The number of ether oxygens (including phenoxy) is 1. The molecule has 0 spiro atoms. The molecule has 0 aliphatic heterocycles. The number of halogens is 2. The average Bonchev–Trinajstić information content (AvgIpc) is 2.14. The molecule has 4 heteroatoms. The second-order valence-corrected chi connectivity index (χ2v) is 3.17. The zero-order chi connectivity index (χ0) is 11.4. The molecule has 0 atom stereocenters. The summed E-state index contributed by atoms with van der Waals surface area (Å²) in [6.45, 7) is 3.28. The van der Waals surface area contributed by atoms with Crippen LogP contribution in [0.3, 0.4) is 0 Å². The first kappa shape index (κ1) is 11.6. The third-order valence-electron chi connectivity index (χ3n) is 1.99. The Kier molecular flexibility index (Phi) is 3.77. The summed E-state index contributed by atoms with van der Waals surface area (Å²) in [5.74, 6) is -1.77. The largest absolute Gasteiger partial charge is 0.466 e. The first-order valence-corrected chi connectivity index (χ1v) is 4.64. The highest BCUT2D eigenvalue weighted by molar-refractivity contribution is 5.72. The molecule has 2 nitrogen and oxygen atoms in total.